The number of nitriles is 1. The van der Waals surface area contributed by atoms with Gasteiger partial charge >= 0.3 is 0 Å². The lowest BCUT2D eigenvalue weighted by atomic mass is 9.99. The predicted molar refractivity (Wildman–Crippen MR) is 147 cm³/mol. The van der Waals surface area contributed by atoms with Crippen LogP contribution in [0.25, 0.3) is 22.5 Å². The Morgan fingerprint density at radius 2 is 1.53 bits per heavy atom. The molecule has 0 spiro atoms. The third-order valence-electron chi connectivity index (χ3n) is 7.21. The Labute approximate surface area is 223 Å². The molecule has 2 N–H and O–H groups in total. The first kappa shape index (κ1) is 25.5. The van der Waals surface area contributed by atoms with Crippen molar-refractivity contribution in [3.8, 4) is 40.1 Å². The second-order valence-electron chi connectivity index (χ2n) is 9.88. The van der Waals surface area contributed by atoms with Gasteiger partial charge < -0.3 is 15.1 Å². The van der Waals surface area contributed by atoms with E-state index in [0.717, 1.165) is 55.1 Å². The fourth-order valence-electron chi connectivity index (χ4n) is 4.88. The van der Waals surface area contributed by atoms with Crippen LogP contribution < -0.4 is 0 Å². The number of hydrogen-bond donors (Lipinski definition) is 2. The molecule has 0 amide bonds. The molecule has 8 heteroatoms. The van der Waals surface area contributed by atoms with Crippen molar-refractivity contribution in [3.05, 3.63) is 82.9 Å². The minimum absolute atomic E-state index is 0.0435. The number of phenolic OH excluding ortho intramolecular Hbond substituents is 2. The largest absolute Gasteiger partial charge is 0.508 e. The SMILES string of the molecule is CCc1cc(-c2nnn(Cc3ccc(C#N)cc3)c2-c2ccc(CN3CCN(C)CC3)cc2)c(O)cc1O. The Kier molecular flexibility index (Phi) is 7.40. The molecule has 1 saturated heterocycles. The first-order chi connectivity index (χ1) is 18.4. The average molecular weight is 509 g/mol. The molecule has 1 aliphatic rings. The first-order valence-electron chi connectivity index (χ1n) is 12.9. The van der Waals surface area contributed by atoms with Crippen molar-refractivity contribution in [2.24, 2.45) is 0 Å². The van der Waals surface area contributed by atoms with E-state index in [1.807, 2.05) is 23.7 Å². The fraction of sp³-hybridized carbons (Fsp3) is 0.300. The van der Waals surface area contributed by atoms with Crippen LogP contribution in [-0.2, 0) is 19.5 Å². The molecule has 0 aliphatic carbocycles. The van der Waals surface area contributed by atoms with Crippen LogP contribution in [0.15, 0.2) is 60.7 Å². The average Bonchev–Trinajstić information content (AvgIpc) is 3.34. The summed E-state index contributed by atoms with van der Waals surface area (Å²) in [4.78, 5) is 4.82. The Bertz CT molecular complexity index is 1450. The lowest BCUT2D eigenvalue weighted by molar-refractivity contribution is 0.148. The second-order valence-corrected chi connectivity index (χ2v) is 9.88. The summed E-state index contributed by atoms with van der Waals surface area (Å²) in [6.07, 6.45) is 0.620. The van der Waals surface area contributed by atoms with Gasteiger partial charge in [-0.2, -0.15) is 5.26 Å². The zero-order valence-corrected chi connectivity index (χ0v) is 21.8. The van der Waals surface area contributed by atoms with E-state index in [2.05, 4.69) is 57.5 Å². The number of aromatic nitrogens is 3. The van der Waals surface area contributed by atoms with Gasteiger partial charge in [-0.05, 0) is 48.4 Å². The monoisotopic (exact) mass is 508 g/mol. The number of likely N-dealkylation sites (N-methyl/N-ethyl adjacent to an activating group) is 1. The zero-order chi connectivity index (χ0) is 26.6. The fourth-order valence-corrected chi connectivity index (χ4v) is 4.88. The van der Waals surface area contributed by atoms with Crippen LogP contribution in [0.1, 0.15) is 29.2 Å². The molecule has 1 aliphatic heterocycles. The van der Waals surface area contributed by atoms with Crippen LogP contribution in [0.3, 0.4) is 0 Å². The Morgan fingerprint density at radius 3 is 2.18 bits per heavy atom. The molecule has 0 atom stereocenters. The molecule has 0 bridgehead atoms. The van der Waals surface area contributed by atoms with Crippen molar-refractivity contribution >= 4 is 0 Å². The number of nitrogens with zero attached hydrogens (tertiary/aromatic N) is 6. The number of aryl methyl sites for hydroxylation is 1. The Morgan fingerprint density at radius 1 is 0.868 bits per heavy atom. The smallest absolute Gasteiger partial charge is 0.128 e. The molecule has 5 rings (SSSR count). The van der Waals surface area contributed by atoms with Crippen molar-refractivity contribution < 1.29 is 10.2 Å². The number of aromatic hydroxyl groups is 2. The van der Waals surface area contributed by atoms with Crippen LogP contribution in [-0.4, -0.2) is 68.2 Å². The van der Waals surface area contributed by atoms with Gasteiger partial charge in [0.25, 0.3) is 0 Å². The van der Waals surface area contributed by atoms with Crippen molar-refractivity contribution in [3.63, 3.8) is 0 Å². The summed E-state index contributed by atoms with van der Waals surface area (Å²) in [5, 5.41) is 39.1. The quantitative estimate of drug-likeness (QED) is 0.385. The van der Waals surface area contributed by atoms with Gasteiger partial charge in [0, 0.05) is 49.9 Å². The van der Waals surface area contributed by atoms with Gasteiger partial charge in [-0.15, -0.1) is 5.10 Å². The van der Waals surface area contributed by atoms with Crippen LogP contribution in [0.2, 0.25) is 0 Å². The maximum absolute atomic E-state index is 10.8. The van der Waals surface area contributed by atoms with Gasteiger partial charge in [-0.25, -0.2) is 4.68 Å². The van der Waals surface area contributed by atoms with Crippen molar-refractivity contribution in [2.45, 2.75) is 26.4 Å². The summed E-state index contributed by atoms with van der Waals surface area (Å²) in [6.45, 7) is 7.60. The van der Waals surface area contributed by atoms with Crippen LogP contribution in [0.4, 0.5) is 0 Å². The number of phenols is 2. The van der Waals surface area contributed by atoms with E-state index in [1.54, 1.807) is 18.2 Å². The third-order valence-corrected chi connectivity index (χ3v) is 7.21. The van der Waals surface area contributed by atoms with E-state index in [-0.39, 0.29) is 11.5 Å². The molecule has 194 valence electrons. The standard InChI is InChI=1S/C30H32N6O2/c1-3-24-16-26(28(38)17-27(24)37)29-30(36(33-32-29)20-23-6-4-21(18-31)5-7-23)25-10-8-22(9-11-25)19-35-14-12-34(2)13-15-35/h4-11,16-17,37-38H,3,12-15,19-20H2,1-2H3. The molecular weight excluding hydrogens is 476 g/mol. The third kappa shape index (κ3) is 5.40. The Balaban J connectivity index is 1.52. The Hall–Kier alpha value is -4.19. The molecule has 0 radical (unpaired) electrons. The molecule has 2 heterocycles. The molecule has 1 fully saturated rings. The van der Waals surface area contributed by atoms with Crippen molar-refractivity contribution in [1.29, 1.82) is 5.26 Å². The second kappa shape index (κ2) is 11.1. The molecule has 38 heavy (non-hydrogen) atoms. The molecule has 1 aromatic heterocycles. The molecule has 4 aromatic rings. The van der Waals surface area contributed by atoms with Gasteiger partial charge in [-0.3, -0.25) is 4.90 Å². The summed E-state index contributed by atoms with van der Waals surface area (Å²) in [7, 11) is 2.16. The summed E-state index contributed by atoms with van der Waals surface area (Å²) in [5.41, 5.74) is 6.36. The van der Waals surface area contributed by atoms with Crippen LogP contribution in [0, 0.1) is 11.3 Å². The van der Waals surface area contributed by atoms with Gasteiger partial charge in [0.1, 0.15) is 17.2 Å². The van der Waals surface area contributed by atoms with E-state index in [9.17, 15) is 10.2 Å². The number of hydrogen-bond acceptors (Lipinski definition) is 7. The minimum atomic E-state index is -0.0435. The van der Waals surface area contributed by atoms with Crippen LogP contribution >= 0.6 is 0 Å². The van der Waals surface area contributed by atoms with E-state index in [4.69, 9.17) is 5.26 Å². The van der Waals surface area contributed by atoms with Crippen molar-refractivity contribution in [1.82, 2.24) is 24.8 Å². The lowest BCUT2D eigenvalue weighted by Gasteiger charge is -2.32. The molecule has 0 saturated carbocycles. The number of piperazine rings is 1. The highest BCUT2D eigenvalue weighted by molar-refractivity contribution is 5.82. The van der Waals surface area contributed by atoms with E-state index < -0.39 is 0 Å². The van der Waals surface area contributed by atoms with E-state index >= 15 is 0 Å². The van der Waals surface area contributed by atoms with Gasteiger partial charge in [0.05, 0.1) is 23.9 Å². The highest BCUT2D eigenvalue weighted by atomic mass is 16.3. The van der Waals surface area contributed by atoms with Gasteiger partial charge in [0.2, 0.25) is 0 Å². The highest BCUT2D eigenvalue weighted by Crippen LogP contribution is 2.39. The summed E-state index contributed by atoms with van der Waals surface area (Å²) in [5.74, 6) is 0.0200. The number of rotatable bonds is 7. The number of benzene rings is 3. The maximum Gasteiger partial charge on any atom is 0.128 e. The molecule has 3 aromatic carbocycles. The zero-order valence-electron chi connectivity index (χ0n) is 21.8. The topological polar surface area (TPSA) is 101 Å². The lowest BCUT2D eigenvalue weighted by Crippen LogP contribution is -2.43. The maximum atomic E-state index is 10.8. The molecule has 8 nitrogen and oxygen atoms in total. The normalized spacial score (nSPS) is 14.4. The van der Waals surface area contributed by atoms with Crippen LogP contribution in [0.5, 0.6) is 11.5 Å². The molecule has 0 unspecified atom stereocenters. The molecular formula is C30H32N6O2. The van der Waals surface area contributed by atoms with E-state index in [0.29, 0.717) is 29.8 Å². The first-order valence-corrected chi connectivity index (χ1v) is 12.9. The predicted octanol–water partition coefficient (Wildman–Crippen LogP) is 4.25. The minimum Gasteiger partial charge on any atom is -0.508 e. The van der Waals surface area contributed by atoms with Crippen molar-refractivity contribution in [2.75, 3.05) is 33.2 Å². The van der Waals surface area contributed by atoms with E-state index in [1.165, 1.54) is 11.6 Å². The summed E-state index contributed by atoms with van der Waals surface area (Å²) in [6, 6.07) is 21.2. The summed E-state index contributed by atoms with van der Waals surface area (Å²) >= 11 is 0. The highest BCUT2D eigenvalue weighted by Gasteiger charge is 2.21. The van der Waals surface area contributed by atoms with Gasteiger partial charge in [-0.1, -0.05) is 48.5 Å². The van der Waals surface area contributed by atoms with Gasteiger partial charge in [0.15, 0.2) is 0 Å². The summed E-state index contributed by atoms with van der Waals surface area (Å²) < 4.78 is 1.82.